The van der Waals surface area contributed by atoms with Crippen molar-refractivity contribution in [3.63, 3.8) is 0 Å². The monoisotopic (exact) mass is 356 g/mol. The Kier molecular flexibility index (Phi) is 4.49. The van der Waals surface area contributed by atoms with E-state index in [2.05, 4.69) is 6.07 Å². The van der Waals surface area contributed by atoms with Gasteiger partial charge in [0.1, 0.15) is 6.07 Å². The van der Waals surface area contributed by atoms with Gasteiger partial charge in [-0.25, -0.2) is 0 Å². The summed E-state index contributed by atoms with van der Waals surface area (Å²) >= 11 is 12.4. The van der Waals surface area contributed by atoms with Crippen LogP contribution in [-0.2, 0) is 4.79 Å². The van der Waals surface area contributed by atoms with Gasteiger partial charge < -0.3 is 0 Å². The van der Waals surface area contributed by atoms with E-state index in [4.69, 9.17) is 23.8 Å². The lowest BCUT2D eigenvalue weighted by atomic mass is 10.1. The third-order valence-corrected chi connectivity index (χ3v) is 4.78. The van der Waals surface area contributed by atoms with Crippen LogP contribution in [0.3, 0.4) is 0 Å². The number of nitrogens with zero attached hydrogens (tertiary/aromatic N) is 2. The molecule has 0 spiro atoms. The van der Waals surface area contributed by atoms with E-state index >= 15 is 0 Å². The molecule has 6 heteroatoms. The van der Waals surface area contributed by atoms with Crippen molar-refractivity contribution in [3.05, 3.63) is 69.6 Å². The number of nitriles is 1. The van der Waals surface area contributed by atoms with Crippen molar-refractivity contribution in [2.24, 2.45) is 0 Å². The van der Waals surface area contributed by atoms with Crippen molar-refractivity contribution in [2.45, 2.75) is 0 Å². The van der Waals surface area contributed by atoms with E-state index in [1.54, 1.807) is 42.5 Å². The molecule has 1 heterocycles. The van der Waals surface area contributed by atoms with Crippen LogP contribution in [0.25, 0.3) is 6.08 Å². The highest BCUT2D eigenvalue weighted by Crippen LogP contribution is 2.37. The second-order valence-electron chi connectivity index (χ2n) is 4.70. The summed E-state index contributed by atoms with van der Waals surface area (Å²) in [6, 6.07) is 16.2. The summed E-state index contributed by atoms with van der Waals surface area (Å²) in [5.41, 5.74) is 1.79. The van der Waals surface area contributed by atoms with Crippen LogP contribution in [0.4, 0.5) is 5.69 Å². The largest absolute Gasteiger partial charge is 0.270 e. The van der Waals surface area contributed by atoms with Gasteiger partial charge in [0.15, 0.2) is 4.32 Å². The van der Waals surface area contributed by atoms with Crippen molar-refractivity contribution in [3.8, 4) is 6.07 Å². The number of hydrogen-bond acceptors (Lipinski definition) is 4. The number of carbonyl (C=O) groups is 1. The van der Waals surface area contributed by atoms with Crippen molar-refractivity contribution in [1.29, 1.82) is 5.26 Å². The maximum Gasteiger partial charge on any atom is 0.270 e. The van der Waals surface area contributed by atoms with Crippen molar-refractivity contribution >= 4 is 57.6 Å². The number of hydrogen-bond donors (Lipinski definition) is 0. The lowest BCUT2D eigenvalue weighted by Crippen LogP contribution is -2.28. The Hall–Kier alpha value is -2.13. The van der Waals surface area contributed by atoms with E-state index in [9.17, 15) is 10.1 Å². The minimum absolute atomic E-state index is 0.224. The highest BCUT2D eigenvalue weighted by atomic mass is 35.5. The van der Waals surface area contributed by atoms with Crippen molar-refractivity contribution in [1.82, 2.24) is 0 Å². The third kappa shape index (κ3) is 3.15. The summed E-state index contributed by atoms with van der Waals surface area (Å²) in [4.78, 5) is 14.6. The number of rotatable bonds is 2. The topological polar surface area (TPSA) is 44.1 Å². The molecule has 0 radical (unpaired) electrons. The van der Waals surface area contributed by atoms with Gasteiger partial charge in [-0.3, -0.25) is 9.69 Å². The zero-order valence-electron chi connectivity index (χ0n) is 11.7. The number of anilines is 1. The number of carbonyl (C=O) groups excluding carboxylic acids is 1. The molecule has 3 nitrogen and oxygen atoms in total. The standard InChI is InChI=1S/C17H9ClN2OS2/c18-13-7-5-11(6-8-13)9-15-16(21)20(17(22)23-15)14-4-2-1-3-12(14)10-19/h1-9H/b15-9-. The Morgan fingerprint density at radius 3 is 2.57 bits per heavy atom. The highest BCUT2D eigenvalue weighted by molar-refractivity contribution is 8.27. The molecule has 0 aromatic heterocycles. The molecule has 0 bridgehead atoms. The summed E-state index contributed by atoms with van der Waals surface area (Å²) in [5, 5.41) is 9.85. The number of para-hydroxylation sites is 1. The van der Waals surface area contributed by atoms with Crippen LogP contribution in [-0.4, -0.2) is 10.2 Å². The molecule has 1 aliphatic heterocycles. The van der Waals surface area contributed by atoms with Crippen LogP contribution in [0.1, 0.15) is 11.1 Å². The predicted molar refractivity (Wildman–Crippen MR) is 98.3 cm³/mol. The Morgan fingerprint density at radius 2 is 1.87 bits per heavy atom. The molecule has 0 saturated carbocycles. The normalized spacial score (nSPS) is 16.0. The van der Waals surface area contributed by atoms with Crippen molar-refractivity contribution in [2.75, 3.05) is 4.90 Å². The summed E-state index contributed by atoms with van der Waals surface area (Å²) < 4.78 is 0.415. The molecular weight excluding hydrogens is 348 g/mol. The van der Waals surface area contributed by atoms with Gasteiger partial charge in [-0.1, -0.05) is 59.8 Å². The molecule has 1 aliphatic rings. The van der Waals surface area contributed by atoms with Gasteiger partial charge in [0, 0.05) is 5.02 Å². The first-order valence-corrected chi connectivity index (χ1v) is 8.23. The van der Waals surface area contributed by atoms with Gasteiger partial charge in [0.05, 0.1) is 16.2 Å². The molecule has 0 atom stereocenters. The van der Waals surface area contributed by atoms with Crippen LogP contribution in [0.5, 0.6) is 0 Å². The molecule has 23 heavy (non-hydrogen) atoms. The van der Waals surface area contributed by atoms with Crippen LogP contribution in [0, 0.1) is 11.3 Å². The van der Waals surface area contributed by atoms with E-state index < -0.39 is 0 Å². The second kappa shape index (κ2) is 6.55. The lowest BCUT2D eigenvalue weighted by molar-refractivity contribution is -0.113. The molecule has 2 aromatic rings. The predicted octanol–water partition coefficient (Wildman–Crippen LogP) is 4.62. The minimum Gasteiger partial charge on any atom is -0.268 e. The second-order valence-corrected chi connectivity index (χ2v) is 6.81. The Balaban J connectivity index is 1.97. The first-order valence-electron chi connectivity index (χ1n) is 6.63. The average Bonchev–Trinajstić information content (AvgIpc) is 2.83. The summed E-state index contributed by atoms with van der Waals surface area (Å²) in [6.45, 7) is 0. The number of benzene rings is 2. The van der Waals surface area contributed by atoms with Gasteiger partial charge in [0.25, 0.3) is 5.91 Å². The molecule has 1 saturated heterocycles. The summed E-state index contributed by atoms with van der Waals surface area (Å²) in [5.74, 6) is -0.224. The van der Waals surface area contributed by atoms with E-state index in [1.807, 2.05) is 12.1 Å². The summed E-state index contributed by atoms with van der Waals surface area (Å²) in [7, 11) is 0. The van der Waals surface area contributed by atoms with E-state index in [0.717, 1.165) is 5.56 Å². The first kappa shape index (κ1) is 15.8. The quantitative estimate of drug-likeness (QED) is 0.582. The van der Waals surface area contributed by atoms with Gasteiger partial charge in [0.2, 0.25) is 0 Å². The minimum atomic E-state index is -0.224. The molecule has 112 valence electrons. The zero-order chi connectivity index (χ0) is 16.4. The van der Waals surface area contributed by atoms with Crippen LogP contribution in [0.2, 0.25) is 5.02 Å². The van der Waals surface area contributed by atoms with Crippen LogP contribution < -0.4 is 4.90 Å². The number of thiocarbonyl (C=S) groups is 1. The fourth-order valence-corrected chi connectivity index (χ4v) is 3.56. The van der Waals surface area contributed by atoms with Crippen LogP contribution in [0.15, 0.2) is 53.4 Å². The Labute approximate surface area is 148 Å². The van der Waals surface area contributed by atoms with Gasteiger partial charge >= 0.3 is 0 Å². The van der Waals surface area contributed by atoms with Gasteiger partial charge in [-0.2, -0.15) is 5.26 Å². The molecule has 3 rings (SSSR count). The molecule has 1 fully saturated rings. The number of amides is 1. The van der Waals surface area contributed by atoms with Crippen molar-refractivity contribution < 1.29 is 4.79 Å². The molecule has 1 amide bonds. The number of halogens is 1. The smallest absolute Gasteiger partial charge is 0.268 e. The van der Waals surface area contributed by atoms with E-state index in [-0.39, 0.29) is 5.91 Å². The molecular formula is C17H9ClN2OS2. The molecule has 0 N–H and O–H groups in total. The van der Waals surface area contributed by atoms with E-state index in [0.29, 0.717) is 25.5 Å². The maximum absolute atomic E-state index is 12.7. The Bertz CT molecular complexity index is 869. The van der Waals surface area contributed by atoms with Gasteiger partial charge in [-0.05, 0) is 35.9 Å². The molecule has 2 aromatic carbocycles. The third-order valence-electron chi connectivity index (χ3n) is 3.23. The molecule has 0 unspecified atom stereocenters. The Morgan fingerprint density at radius 1 is 1.17 bits per heavy atom. The molecule has 0 aliphatic carbocycles. The van der Waals surface area contributed by atoms with Crippen LogP contribution >= 0.6 is 35.6 Å². The average molecular weight is 357 g/mol. The highest BCUT2D eigenvalue weighted by Gasteiger charge is 2.34. The zero-order valence-corrected chi connectivity index (χ0v) is 14.1. The number of thioether (sulfide) groups is 1. The summed E-state index contributed by atoms with van der Waals surface area (Å²) in [6.07, 6.45) is 1.77. The van der Waals surface area contributed by atoms with E-state index in [1.165, 1.54) is 16.7 Å². The maximum atomic E-state index is 12.7. The van der Waals surface area contributed by atoms with Gasteiger partial charge in [-0.15, -0.1) is 0 Å². The fourth-order valence-electron chi connectivity index (χ4n) is 2.15. The first-order chi connectivity index (χ1) is 11.1. The lowest BCUT2D eigenvalue weighted by Gasteiger charge is -2.15. The SMILES string of the molecule is N#Cc1ccccc1N1C(=O)/C(=C/c2ccc(Cl)cc2)SC1=S. The fraction of sp³-hybridized carbons (Fsp3) is 0.